The maximum atomic E-state index is 9.82. The Hall–Kier alpha value is -1.93. The summed E-state index contributed by atoms with van der Waals surface area (Å²) in [6.07, 6.45) is 5.16. The number of hydrogen-bond acceptors (Lipinski definition) is 7. The molecule has 0 aliphatic carbocycles. The predicted octanol–water partition coefficient (Wildman–Crippen LogP) is 3.71. The number of benzene rings is 1. The number of hydrogen-bond donors (Lipinski definition) is 3. The number of allylic oxidation sites excluding steroid dienone is 1. The van der Waals surface area contributed by atoms with E-state index in [0.717, 1.165) is 47.4 Å². The minimum Gasteiger partial charge on any atom is -0.403 e. The molecular weight excluding hydrogens is 423 g/mol. The average molecular weight is 451 g/mol. The van der Waals surface area contributed by atoms with Gasteiger partial charge in [0.05, 0.1) is 23.4 Å². The highest BCUT2D eigenvalue weighted by Gasteiger charge is 2.21. The van der Waals surface area contributed by atoms with Crippen molar-refractivity contribution in [3.63, 3.8) is 0 Å². The van der Waals surface area contributed by atoms with Crippen LogP contribution in [-0.4, -0.2) is 57.4 Å². The molecule has 1 fully saturated rings. The first-order valence-corrected chi connectivity index (χ1v) is 10.7. The van der Waals surface area contributed by atoms with Crippen LogP contribution in [0.2, 0.25) is 5.02 Å². The van der Waals surface area contributed by atoms with E-state index in [1.54, 1.807) is 20.0 Å². The van der Waals surface area contributed by atoms with Crippen molar-refractivity contribution in [2.75, 3.05) is 32.0 Å². The van der Waals surface area contributed by atoms with Crippen molar-refractivity contribution in [3.8, 4) is 0 Å². The SMILES string of the molecule is CN1CCC(c2cc3nc(N/C(=C/N)C(Cl)=NCC(C)(C)O)ncc3cc2Cl)CC1. The van der Waals surface area contributed by atoms with Gasteiger partial charge in [-0.25, -0.2) is 9.97 Å². The molecule has 162 valence electrons. The van der Waals surface area contributed by atoms with E-state index in [2.05, 4.69) is 38.3 Å². The van der Waals surface area contributed by atoms with Crippen LogP contribution in [0.5, 0.6) is 0 Å². The number of fused-ring (bicyclic) bond motifs is 1. The Balaban J connectivity index is 1.84. The van der Waals surface area contributed by atoms with E-state index in [-0.39, 0.29) is 11.7 Å². The fourth-order valence-electron chi connectivity index (χ4n) is 3.39. The zero-order valence-electron chi connectivity index (χ0n) is 17.5. The molecule has 0 radical (unpaired) electrons. The van der Waals surface area contributed by atoms with Crippen molar-refractivity contribution in [1.82, 2.24) is 14.9 Å². The van der Waals surface area contributed by atoms with Crippen LogP contribution in [-0.2, 0) is 0 Å². The highest BCUT2D eigenvalue weighted by atomic mass is 35.5. The topological polar surface area (TPSA) is 99.7 Å². The number of aromatic nitrogens is 2. The molecule has 2 aromatic rings. The van der Waals surface area contributed by atoms with Crippen LogP contribution >= 0.6 is 23.2 Å². The van der Waals surface area contributed by atoms with Gasteiger partial charge < -0.3 is 21.1 Å². The zero-order valence-corrected chi connectivity index (χ0v) is 19.0. The average Bonchev–Trinajstić information content (AvgIpc) is 2.70. The molecule has 0 bridgehead atoms. The van der Waals surface area contributed by atoms with E-state index in [9.17, 15) is 5.11 Å². The third-order valence-electron chi connectivity index (χ3n) is 5.10. The van der Waals surface area contributed by atoms with E-state index in [4.69, 9.17) is 28.9 Å². The lowest BCUT2D eigenvalue weighted by Gasteiger charge is -2.29. The van der Waals surface area contributed by atoms with Crippen LogP contribution in [0.3, 0.4) is 0 Å². The number of rotatable bonds is 6. The molecule has 0 atom stereocenters. The van der Waals surface area contributed by atoms with Gasteiger partial charge in [-0.15, -0.1) is 0 Å². The van der Waals surface area contributed by atoms with Crippen LogP contribution in [0.1, 0.15) is 38.2 Å². The van der Waals surface area contributed by atoms with Gasteiger partial charge in [-0.2, -0.15) is 0 Å². The summed E-state index contributed by atoms with van der Waals surface area (Å²) < 4.78 is 0. The van der Waals surface area contributed by atoms with E-state index < -0.39 is 5.60 Å². The summed E-state index contributed by atoms with van der Waals surface area (Å²) in [6.45, 7) is 5.56. The quantitative estimate of drug-likeness (QED) is 0.579. The van der Waals surface area contributed by atoms with Crippen molar-refractivity contribution in [3.05, 3.63) is 40.8 Å². The molecule has 0 amide bonds. The van der Waals surface area contributed by atoms with Gasteiger partial charge in [-0.3, -0.25) is 4.99 Å². The Bertz CT molecular complexity index is 962. The summed E-state index contributed by atoms with van der Waals surface area (Å²) in [4.78, 5) is 15.4. The fraction of sp³-hybridized carbons (Fsp3) is 0.476. The Labute approximate surface area is 187 Å². The number of halogens is 2. The molecular formula is C21H28Cl2N6O. The lowest BCUT2D eigenvalue weighted by Crippen LogP contribution is -2.29. The van der Waals surface area contributed by atoms with Crippen molar-refractivity contribution in [1.29, 1.82) is 0 Å². The largest absolute Gasteiger partial charge is 0.403 e. The smallest absolute Gasteiger partial charge is 0.227 e. The molecule has 3 rings (SSSR count). The minimum atomic E-state index is -0.969. The molecule has 4 N–H and O–H groups in total. The molecule has 1 aliphatic heterocycles. The highest BCUT2D eigenvalue weighted by Crippen LogP contribution is 2.35. The van der Waals surface area contributed by atoms with Crippen LogP contribution < -0.4 is 11.1 Å². The molecule has 2 heterocycles. The number of nitrogens with one attached hydrogen (secondary N) is 1. The molecule has 9 heteroatoms. The lowest BCUT2D eigenvalue weighted by atomic mass is 9.89. The molecule has 1 saturated heterocycles. The number of nitrogens with zero attached hydrogens (tertiary/aromatic N) is 4. The van der Waals surface area contributed by atoms with E-state index in [1.807, 2.05) is 6.07 Å². The van der Waals surface area contributed by atoms with Crippen molar-refractivity contribution >= 4 is 45.2 Å². The molecule has 1 aliphatic rings. The van der Waals surface area contributed by atoms with Gasteiger partial charge in [0.1, 0.15) is 5.17 Å². The van der Waals surface area contributed by atoms with Crippen LogP contribution in [0.15, 0.2) is 35.2 Å². The number of aliphatic imine (C=N–C) groups is 1. The van der Waals surface area contributed by atoms with Gasteiger partial charge in [0, 0.05) is 22.8 Å². The minimum absolute atomic E-state index is 0.141. The molecule has 1 aromatic heterocycles. The first-order valence-electron chi connectivity index (χ1n) is 9.92. The maximum absolute atomic E-state index is 9.82. The van der Waals surface area contributed by atoms with E-state index in [0.29, 0.717) is 17.6 Å². The van der Waals surface area contributed by atoms with E-state index >= 15 is 0 Å². The first kappa shape index (κ1) is 22.7. The fourth-order valence-corrected chi connectivity index (χ4v) is 3.89. The number of piperidine rings is 1. The second kappa shape index (κ2) is 9.47. The molecule has 0 saturated carbocycles. The summed E-state index contributed by atoms with van der Waals surface area (Å²) in [5, 5.41) is 14.6. The standard InChI is InChI=1S/C21H28Cl2N6O/c1-21(2,30)12-26-19(23)18(10-24)28-20-25-11-14-8-16(22)15(9-17(14)27-20)13-4-6-29(3)7-5-13/h8-11,13,30H,4-7,12,24H2,1-3H3,(H,25,27,28)/b18-10+,26-19?. The van der Waals surface area contributed by atoms with Gasteiger partial charge in [0.25, 0.3) is 0 Å². The predicted molar refractivity (Wildman–Crippen MR) is 124 cm³/mol. The van der Waals surface area contributed by atoms with Gasteiger partial charge >= 0.3 is 0 Å². The zero-order chi connectivity index (χ0) is 21.9. The second-order valence-corrected chi connectivity index (χ2v) is 9.09. The molecule has 7 nitrogen and oxygen atoms in total. The molecule has 30 heavy (non-hydrogen) atoms. The summed E-state index contributed by atoms with van der Waals surface area (Å²) >= 11 is 12.8. The first-order chi connectivity index (χ1) is 14.2. The summed E-state index contributed by atoms with van der Waals surface area (Å²) in [7, 11) is 2.14. The Morgan fingerprint density at radius 1 is 1.40 bits per heavy atom. The summed E-state index contributed by atoms with van der Waals surface area (Å²) in [5.41, 5.74) is 7.02. The monoisotopic (exact) mass is 450 g/mol. The molecule has 0 spiro atoms. The number of nitrogens with two attached hydrogens (primary N) is 1. The third kappa shape index (κ3) is 5.82. The molecule has 0 unspecified atom stereocenters. The maximum Gasteiger partial charge on any atom is 0.227 e. The van der Waals surface area contributed by atoms with Gasteiger partial charge in [-0.05, 0) is 70.4 Å². The van der Waals surface area contributed by atoms with Crippen LogP contribution in [0.25, 0.3) is 10.9 Å². The van der Waals surface area contributed by atoms with Gasteiger partial charge in [0.15, 0.2) is 0 Å². The normalized spacial score (nSPS) is 17.5. The second-order valence-electron chi connectivity index (χ2n) is 8.33. The summed E-state index contributed by atoms with van der Waals surface area (Å²) in [6, 6.07) is 3.97. The highest BCUT2D eigenvalue weighted by molar-refractivity contribution is 6.69. The van der Waals surface area contributed by atoms with Crippen molar-refractivity contribution < 1.29 is 5.11 Å². The lowest BCUT2D eigenvalue weighted by molar-refractivity contribution is 0.0905. The third-order valence-corrected chi connectivity index (χ3v) is 5.75. The Kier molecular flexibility index (Phi) is 7.18. The Morgan fingerprint density at radius 2 is 2.10 bits per heavy atom. The van der Waals surface area contributed by atoms with Crippen LogP contribution in [0, 0.1) is 0 Å². The summed E-state index contributed by atoms with van der Waals surface area (Å²) in [5.74, 6) is 0.778. The van der Waals surface area contributed by atoms with Gasteiger partial charge in [0.2, 0.25) is 5.95 Å². The van der Waals surface area contributed by atoms with Crippen molar-refractivity contribution in [2.24, 2.45) is 10.7 Å². The number of anilines is 1. The molecule has 1 aromatic carbocycles. The van der Waals surface area contributed by atoms with Crippen LogP contribution in [0.4, 0.5) is 5.95 Å². The van der Waals surface area contributed by atoms with Gasteiger partial charge in [-0.1, -0.05) is 23.2 Å². The Morgan fingerprint density at radius 3 is 2.73 bits per heavy atom. The number of aliphatic hydroxyl groups is 1. The number of likely N-dealkylation sites (tertiary alicyclic amines) is 1. The van der Waals surface area contributed by atoms with Crippen molar-refractivity contribution in [2.45, 2.75) is 38.2 Å². The van der Waals surface area contributed by atoms with E-state index in [1.165, 1.54) is 6.20 Å².